The molecule has 0 fully saturated rings. The van der Waals surface area contributed by atoms with Gasteiger partial charge in [-0.25, -0.2) is 0 Å². The summed E-state index contributed by atoms with van der Waals surface area (Å²) in [5, 5.41) is 19.8. The molecule has 180 valence electrons. The number of benzene rings is 2. The number of fused-ring (bicyclic) bond motifs is 2. The Labute approximate surface area is 201 Å². The van der Waals surface area contributed by atoms with E-state index in [1.165, 1.54) is 31.7 Å². The predicted octanol–water partition coefficient (Wildman–Crippen LogP) is 4.63. The summed E-state index contributed by atoms with van der Waals surface area (Å²) in [5.74, 6) is -2.22. The van der Waals surface area contributed by atoms with Crippen LogP contribution in [0.1, 0.15) is 26.3 Å². The maximum absolute atomic E-state index is 10.9. The lowest BCUT2D eigenvalue weighted by Gasteiger charge is -2.24. The van der Waals surface area contributed by atoms with E-state index in [9.17, 15) is 14.4 Å². The summed E-state index contributed by atoms with van der Waals surface area (Å²) in [6.07, 6.45) is 3.62. The first-order valence-corrected chi connectivity index (χ1v) is 10.8. The normalized spacial score (nSPS) is 11.7. The van der Waals surface area contributed by atoms with Gasteiger partial charge in [0.1, 0.15) is 11.8 Å². The highest BCUT2D eigenvalue weighted by Crippen LogP contribution is 2.26. The molecule has 0 aliphatic rings. The number of para-hydroxylation sites is 1. The van der Waals surface area contributed by atoms with E-state index in [1.54, 1.807) is 12.3 Å². The molecule has 0 spiro atoms. The second-order valence-electron chi connectivity index (χ2n) is 8.21. The molecule has 2 aromatic carbocycles. The number of nitrogens with two attached hydrogens (primary N) is 1. The minimum absolute atomic E-state index is 0.0102. The summed E-state index contributed by atoms with van der Waals surface area (Å²) in [4.78, 5) is 37.9. The highest BCUT2D eigenvalue weighted by molar-refractivity contribution is 6.35. The summed E-state index contributed by atoms with van der Waals surface area (Å²) >= 11 is 5.97. The summed E-state index contributed by atoms with van der Waals surface area (Å²) in [6, 6.07) is 14.6. The third-order valence-electron chi connectivity index (χ3n) is 5.49. The number of Topliss-reactive ketones (excluding diaryl/α,β-unsaturated/α-hetero) is 1. The SMILES string of the molecule is CC(=O)C(C)(C)[C@H](N)C(=O)O.O=C(O)Cc1c[nH]c2cccc(Cl)c12.c1ccc2[nH]ccc2c1. The van der Waals surface area contributed by atoms with Crippen LogP contribution in [0.5, 0.6) is 0 Å². The highest BCUT2D eigenvalue weighted by Gasteiger charge is 2.36. The Morgan fingerprint density at radius 2 is 1.65 bits per heavy atom. The van der Waals surface area contributed by atoms with E-state index in [0.717, 1.165) is 16.5 Å². The minimum atomic E-state index is -1.15. The van der Waals surface area contributed by atoms with Crippen molar-refractivity contribution in [2.45, 2.75) is 33.2 Å². The number of hydrogen-bond acceptors (Lipinski definition) is 4. The lowest BCUT2D eigenvalue weighted by molar-refractivity contribution is -0.145. The fourth-order valence-corrected chi connectivity index (χ4v) is 3.33. The van der Waals surface area contributed by atoms with E-state index in [4.69, 9.17) is 27.5 Å². The number of carbonyl (C=O) groups is 3. The number of nitrogens with one attached hydrogen (secondary N) is 2. The second kappa shape index (κ2) is 11.5. The number of aromatic amines is 2. The van der Waals surface area contributed by atoms with Gasteiger partial charge < -0.3 is 25.9 Å². The standard InChI is InChI=1S/C10H8ClNO2.C8H7N.C7H13NO3/c11-7-2-1-3-8-10(7)6(5-12-8)4-9(13)14;1-2-4-8-7(3-1)5-6-9-8;1-4(9)7(2,3)5(8)6(10)11/h1-3,5,12H,4H2,(H,13,14);1-6,9H;5H,8H2,1-3H3,(H,10,11)/t;;5-/m..1/s1. The van der Waals surface area contributed by atoms with Crippen LogP contribution in [0.3, 0.4) is 0 Å². The average molecular weight is 486 g/mol. The van der Waals surface area contributed by atoms with Gasteiger partial charge in [0.25, 0.3) is 0 Å². The fourth-order valence-electron chi connectivity index (χ4n) is 3.03. The van der Waals surface area contributed by atoms with Crippen molar-refractivity contribution in [3.05, 3.63) is 71.5 Å². The number of aromatic nitrogens is 2. The first-order valence-electron chi connectivity index (χ1n) is 10.4. The van der Waals surface area contributed by atoms with Crippen molar-refractivity contribution in [3.63, 3.8) is 0 Å². The number of rotatable bonds is 5. The largest absolute Gasteiger partial charge is 0.481 e. The topological polar surface area (TPSA) is 149 Å². The maximum atomic E-state index is 10.9. The molecule has 6 N–H and O–H groups in total. The number of hydrogen-bond donors (Lipinski definition) is 5. The molecule has 2 heterocycles. The Hall–Kier alpha value is -3.62. The molecule has 4 rings (SSSR count). The zero-order chi connectivity index (χ0) is 25.5. The van der Waals surface area contributed by atoms with Crippen molar-refractivity contribution in [2.24, 2.45) is 11.1 Å². The fraction of sp³-hybridized carbons (Fsp3) is 0.240. The number of carbonyl (C=O) groups excluding carboxylic acids is 1. The average Bonchev–Trinajstić information content (AvgIpc) is 3.41. The maximum Gasteiger partial charge on any atom is 0.321 e. The quantitative estimate of drug-likeness (QED) is 0.278. The number of ketones is 1. The number of aliphatic carboxylic acids is 2. The predicted molar refractivity (Wildman–Crippen MR) is 133 cm³/mol. The van der Waals surface area contributed by atoms with Crippen LogP contribution in [0.2, 0.25) is 5.02 Å². The molecule has 9 heteroatoms. The van der Waals surface area contributed by atoms with E-state index in [2.05, 4.69) is 28.2 Å². The van der Waals surface area contributed by atoms with Crippen molar-refractivity contribution in [1.82, 2.24) is 9.97 Å². The van der Waals surface area contributed by atoms with Gasteiger partial charge in [-0.3, -0.25) is 14.4 Å². The van der Waals surface area contributed by atoms with Gasteiger partial charge in [0, 0.05) is 34.2 Å². The Kier molecular flexibility index (Phi) is 9.00. The molecule has 0 radical (unpaired) electrons. The van der Waals surface area contributed by atoms with Gasteiger partial charge in [0.05, 0.1) is 11.4 Å². The van der Waals surface area contributed by atoms with Crippen LogP contribution in [-0.2, 0) is 20.8 Å². The summed E-state index contributed by atoms with van der Waals surface area (Å²) < 4.78 is 0. The zero-order valence-electron chi connectivity index (χ0n) is 19.1. The second-order valence-corrected chi connectivity index (χ2v) is 8.61. The molecule has 0 bridgehead atoms. The molecule has 1 atom stereocenters. The molecule has 0 saturated carbocycles. The Bertz CT molecular complexity index is 1260. The van der Waals surface area contributed by atoms with Gasteiger partial charge in [0.2, 0.25) is 0 Å². The molecule has 0 amide bonds. The monoisotopic (exact) mass is 485 g/mol. The molecule has 8 nitrogen and oxygen atoms in total. The summed E-state index contributed by atoms with van der Waals surface area (Å²) in [7, 11) is 0. The van der Waals surface area contributed by atoms with Crippen LogP contribution in [0.4, 0.5) is 0 Å². The Morgan fingerprint density at radius 1 is 1.00 bits per heavy atom. The first kappa shape index (κ1) is 26.6. The van der Waals surface area contributed by atoms with Crippen LogP contribution in [0.15, 0.2) is 60.9 Å². The van der Waals surface area contributed by atoms with E-state index in [1.807, 2.05) is 30.5 Å². The van der Waals surface area contributed by atoms with E-state index < -0.39 is 23.4 Å². The van der Waals surface area contributed by atoms with E-state index >= 15 is 0 Å². The van der Waals surface area contributed by atoms with Gasteiger partial charge >= 0.3 is 11.9 Å². The van der Waals surface area contributed by atoms with Crippen LogP contribution in [0.25, 0.3) is 21.8 Å². The van der Waals surface area contributed by atoms with E-state index in [0.29, 0.717) is 5.02 Å². The molecule has 0 aliphatic heterocycles. The molecule has 4 aromatic rings. The molecular weight excluding hydrogens is 458 g/mol. The van der Waals surface area contributed by atoms with Crippen molar-refractivity contribution >= 4 is 51.1 Å². The molecule has 34 heavy (non-hydrogen) atoms. The Balaban J connectivity index is 0.000000185. The summed E-state index contributed by atoms with van der Waals surface area (Å²) in [6.45, 7) is 4.38. The van der Waals surface area contributed by atoms with Crippen LogP contribution in [-0.4, -0.2) is 43.9 Å². The van der Waals surface area contributed by atoms with Gasteiger partial charge in [-0.1, -0.05) is 49.7 Å². The van der Waals surface area contributed by atoms with E-state index in [-0.39, 0.29) is 12.2 Å². The highest BCUT2D eigenvalue weighted by atomic mass is 35.5. The molecule has 0 aliphatic carbocycles. The minimum Gasteiger partial charge on any atom is -0.481 e. The lowest BCUT2D eigenvalue weighted by atomic mass is 9.81. The third-order valence-corrected chi connectivity index (χ3v) is 5.81. The zero-order valence-corrected chi connectivity index (χ0v) is 19.9. The number of halogens is 1. The molecule has 2 aromatic heterocycles. The van der Waals surface area contributed by atoms with Gasteiger partial charge in [0.15, 0.2) is 0 Å². The smallest absolute Gasteiger partial charge is 0.321 e. The van der Waals surface area contributed by atoms with Crippen molar-refractivity contribution in [3.8, 4) is 0 Å². The van der Waals surface area contributed by atoms with Crippen molar-refractivity contribution < 1.29 is 24.6 Å². The number of carboxylic acid groups (broad SMARTS) is 2. The molecule has 0 unspecified atom stereocenters. The van der Waals surface area contributed by atoms with Crippen molar-refractivity contribution in [2.75, 3.05) is 0 Å². The van der Waals surface area contributed by atoms with Gasteiger partial charge in [-0.2, -0.15) is 0 Å². The van der Waals surface area contributed by atoms with Crippen LogP contribution in [0, 0.1) is 5.41 Å². The van der Waals surface area contributed by atoms with Crippen molar-refractivity contribution in [1.29, 1.82) is 0 Å². The van der Waals surface area contributed by atoms with Crippen LogP contribution < -0.4 is 5.73 Å². The number of carboxylic acids is 2. The first-order chi connectivity index (χ1) is 15.9. The van der Waals surface area contributed by atoms with Crippen LogP contribution >= 0.6 is 11.6 Å². The summed E-state index contributed by atoms with van der Waals surface area (Å²) in [5.41, 5.74) is 7.09. The number of H-pyrrole nitrogens is 2. The Morgan fingerprint density at radius 3 is 2.21 bits per heavy atom. The lowest BCUT2D eigenvalue weighted by Crippen LogP contribution is -2.47. The van der Waals surface area contributed by atoms with Gasteiger partial charge in [-0.05, 0) is 42.1 Å². The third kappa shape index (κ3) is 6.69. The molecular formula is C25H28ClN3O5. The molecule has 0 saturated heterocycles. The van der Waals surface area contributed by atoms with Gasteiger partial charge in [-0.15, -0.1) is 0 Å².